The van der Waals surface area contributed by atoms with Crippen molar-refractivity contribution in [1.82, 2.24) is 24.3 Å². The first-order valence-electron chi connectivity index (χ1n) is 12.1. The number of nitriles is 1. The second-order valence-electron chi connectivity index (χ2n) is 8.83. The van der Waals surface area contributed by atoms with Crippen molar-refractivity contribution in [2.24, 2.45) is 0 Å². The lowest BCUT2D eigenvalue weighted by Crippen LogP contribution is -2.40. The Morgan fingerprint density at radius 2 is 2.11 bits per heavy atom. The van der Waals surface area contributed by atoms with Crippen molar-refractivity contribution < 1.29 is 9.53 Å². The molecule has 0 bridgehead atoms. The summed E-state index contributed by atoms with van der Waals surface area (Å²) in [5.74, 6) is 0.497. The van der Waals surface area contributed by atoms with Crippen LogP contribution >= 0.6 is 0 Å². The third-order valence-electron chi connectivity index (χ3n) is 6.69. The van der Waals surface area contributed by atoms with Gasteiger partial charge < -0.3 is 19.1 Å². The predicted molar refractivity (Wildman–Crippen MR) is 134 cm³/mol. The van der Waals surface area contributed by atoms with Gasteiger partial charge in [-0.15, -0.1) is 0 Å². The molecule has 8 nitrogen and oxygen atoms in total. The zero-order valence-corrected chi connectivity index (χ0v) is 20.9. The maximum absolute atomic E-state index is 13.8. The van der Waals surface area contributed by atoms with E-state index in [1.54, 1.807) is 18.6 Å². The first-order valence-corrected chi connectivity index (χ1v) is 12.1. The highest BCUT2D eigenvalue weighted by atomic mass is 16.5. The molecule has 1 amide bonds. The summed E-state index contributed by atoms with van der Waals surface area (Å²) in [6.45, 7) is 8.93. The molecule has 182 valence electrons. The number of carbonyl (C=O) groups is 1. The van der Waals surface area contributed by atoms with Gasteiger partial charge in [0.05, 0.1) is 30.4 Å². The van der Waals surface area contributed by atoms with E-state index >= 15 is 0 Å². The highest BCUT2D eigenvalue weighted by Crippen LogP contribution is 2.32. The lowest BCUT2D eigenvalue weighted by molar-refractivity contribution is 0.0668. The van der Waals surface area contributed by atoms with Gasteiger partial charge in [0.2, 0.25) is 0 Å². The van der Waals surface area contributed by atoms with Crippen molar-refractivity contribution in [2.75, 3.05) is 33.3 Å². The second kappa shape index (κ2) is 10.7. The van der Waals surface area contributed by atoms with Crippen LogP contribution in [0.1, 0.15) is 59.6 Å². The highest BCUT2D eigenvalue weighted by Gasteiger charge is 2.31. The summed E-state index contributed by atoms with van der Waals surface area (Å²) in [4.78, 5) is 26.6. The second-order valence-corrected chi connectivity index (χ2v) is 8.83. The van der Waals surface area contributed by atoms with Crippen LogP contribution in [0.4, 0.5) is 0 Å². The van der Waals surface area contributed by atoms with Crippen LogP contribution in [-0.2, 0) is 12.8 Å². The molecule has 0 aliphatic carbocycles. The largest absolute Gasteiger partial charge is 0.492 e. The first-order chi connectivity index (χ1) is 17.0. The Morgan fingerprint density at radius 1 is 1.29 bits per heavy atom. The Labute approximate surface area is 206 Å². The van der Waals surface area contributed by atoms with Gasteiger partial charge in [0.15, 0.2) is 0 Å². The smallest absolute Gasteiger partial charge is 0.254 e. The van der Waals surface area contributed by atoms with Gasteiger partial charge in [-0.1, -0.05) is 6.92 Å². The van der Waals surface area contributed by atoms with Crippen LogP contribution in [0.25, 0.3) is 5.69 Å². The number of ether oxygens (including phenoxy) is 1. The van der Waals surface area contributed by atoms with Crippen LogP contribution in [0.3, 0.4) is 0 Å². The fraction of sp³-hybridized carbons (Fsp3) is 0.407. The lowest BCUT2D eigenvalue weighted by Gasteiger charge is -2.34. The topological polar surface area (TPSA) is 87.3 Å². The number of benzene rings is 1. The van der Waals surface area contributed by atoms with E-state index < -0.39 is 0 Å². The van der Waals surface area contributed by atoms with E-state index in [2.05, 4.69) is 47.0 Å². The molecule has 1 atom stereocenters. The zero-order valence-electron chi connectivity index (χ0n) is 20.9. The number of nitrogens with zero attached hydrogens (tertiary/aromatic N) is 6. The van der Waals surface area contributed by atoms with E-state index in [9.17, 15) is 10.1 Å². The third kappa shape index (κ3) is 5.05. The van der Waals surface area contributed by atoms with Crippen LogP contribution in [0.2, 0.25) is 0 Å². The van der Waals surface area contributed by atoms with Gasteiger partial charge in [0.1, 0.15) is 17.4 Å². The summed E-state index contributed by atoms with van der Waals surface area (Å²) in [5.41, 5.74) is 5.04. The molecule has 35 heavy (non-hydrogen) atoms. The van der Waals surface area contributed by atoms with E-state index in [4.69, 9.17) is 4.74 Å². The molecule has 3 heterocycles. The van der Waals surface area contributed by atoms with E-state index in [0.717, 1.165) is 48.3 Å². The minimum atomic E-state index is -0.255. The summed E-state index contributed by atoms with van der Waals surface area (Å²) in [5, 5.41) is 9.35. The molecule has 1 aromatic carbocycles. The van der Waals surface area contributed by atoms with Crippen molar-refractivity contribution in [3.05, 3.63) is 71.1 Å². The number of aromatic nitrogens is 3. The normalized spacial score (nSPS) is 14.1. The fourth-order valence-electron chi connectivity index (χ4n) is 4.48. The first kappa shape index (κ1) is 24.4. The number of imidazole rings is 1. The Balaban J connectivity index is 1.68. The Morgan fingerprint density at radius 3 is 2.80 bits per heavy atom. The van der Waals surface area contributed by atoms with Crippen molar-refractivity contribution >= 4 is 5.91 Å². The predicted octanol–water partition coefficient (Wildman–Crippen LogP) is 3.79. The molecule has 3 aromatic rings. The number of hydrogen-bond acceptors (Lipinski definition) is 6. The number of carbonyl (C=O) groups excluding carboxylic acids is 1. The van der Waals surface area contributed by atoms with Gasteiger partial charge in [-0.25, -0.2) is 4.98 Å². The van der Waals surface area contributed by atoms with Crippen molar-refractivity contribution in [1.29, 1.82) is 5.26 Å². The summed E-state index contributed by atoms with van der Waals surface area (Å²) < 4.78 is 7.63. The van der Waals surface area contributed by atoms with Gasteiger partial charge in [-0.05, 0) is 63.5 Å². The van der Waals surface area contributed by atoms with E-state index in [0.29, 0.717) is 30.2 Å². The zero-order chi connectivity index (χ0) is 24.9. The molecule has 1 aliphatic heterocycles. The maximum atomic E-state index is 13.8. The van der Waals surface area contributed by atoms with Gasteiger partial charge in [0.25, 0.3) is 5.91 Å². The summed E-state index contributed by atoms with van der Waals surface area (Å²) in [7, 11) is 2.10. The number of fused-ring (bicyclic) bond motifs is 1. The van der Waals surface area contributed by atoms with Gasteiger partial charge >= 0.3 is 0 Å². The molecule has 0 saturated heterocycles. The minimum absolute atomic E-state index is 0.00469. The molecule has 2 aromatic heterocycles. The van der Waals surface area contributed by atoms with Crippen LogP contribution in [0.5, 0.6) is 5.75 Å². The number of amides is 1. The van der Waals surface area contributed by atoms with Crippen LogP contribution in [0, 0.1) is 11.3 Å². The Hall–Kier alpha value is -3.70. The summed E-state index contributed by atoms with van der Waals surface area (Å²) in [6, 6.07) is 7.89. The molecule has 4 rings (SSSR count). The molecular weight excluding hydrogens is 440 g/mol. The third-order valence-corrected chi connectivity index (χ3v) is 6.69. The number of hydrogen-bond donors (Lipinski definition) is 0. The molecule has 0 radical (unpaired) electrons. The molecule has 0 saturated carbocycles. The monoisotopic (exact) mass is 472 g/mol. The quantitative estimate of drug-likeness (QED) is 0.471. The van der Waals surface area contributed by atoms with Crippen LogP contribution < -0.4 is 4.74 Å². The molecule has 1 unspecified atom stereocenters. The minimum Gasteiger partial charge on any atom is -0.492 e. The Bertz CT molecular complexity index is 1230. The Kier molecular flexibility index (Phi) is 7.47. The average Bonchev–Trinajstić information content (AvgIpc) is 3.42. The number of pyridine rings is 1. The van der Waals surface area contributed by atoms with Crippen LogP contribution in [0.15, 0.2) is 43.1 Å². The van der Waals surface area contributed by atoms with E-state index in [1.165, 1.54) is 6.20 Å². The van der Waals surface area contributed by atoms with Gasteiger partial charge in [-0.3, -0.25) is 9.78 Å². The van der Waals surface area contributed by atoms with E-state index in [-0.39, 0.29) is 11.9 Å². The molecule has 0 fully saturated rings. The average molecular weight is 473 g/mol. The van der Waals surface area contributed by atoms with Gasteiger partial charge in [0, 0.05) is 43.3 Å². The number of likely N-dealkylation sites (N-methyl/N-ethyl adjacent to an activating group) is 1. The molecular formula is C27H32N6O2. The van der Waals surface area contributed by atoms with Crippen LogP contribution in [-0.4, -0.2) is 63.5 Å². The lowest BCUT2D eigenvalue weighted by atomic mass is 9.92. The molecule has 0 spiro atoms. The van der Waals surface area contributed by atoms with Crippen molar-refractivity contribution in [2.45, 2.75) is 39.7 Å². The van der Waals surface area contributed by atoms with Crippen molar-refractivity contribution in [3.63, 3.8) is 0 Å². The summed E-state index contributed by atoms with van der Waals surface area (Å²) >= 11 is 0. The highest BCUT2D eigenvalue weighted by molar-refractivity contribution is 5.98. The molecule has 8 heteroatoms. The SMILES string of the molecule is CCOc1cc(C(C)N2CCc3c(cc(CCN(C)CC)cc3-n3ccnc3)C2=O)ncc1C#N. The standard InChI is InChI=1S/C27H32N6O2/c1-5-31(4)10-7-20-13-23-22(25(14-20)32-12-9-29-18-32)8-11-33(27(23)34)19(3)24-15-26(35-6-2)21(16-28)17-30-24/h9,12-15,17-19H,5-8,10-11H2,1-4H3. The molecule has 1 aliphatic rings. The maximum Gasteiger partial charge on any atom is 0.254 e. The fourth-order valence-corrected chi connectivity index (χ4v) is 4.48. The van der Waals surface area contributed by atoms with Gasteiger partial charge in [-0.2, -0.15) is 5.26 Å². The number of rotatable bonds is 9. The van der Waals surface area contributed by atoms with Crippen molar-refractivity contribution in [3.8, 4) is 17.5 Å². The summed E-state index contributed by atoms with van der Waals surface area (Å²) in [6.07, 6.45) is 8.59. The molecule has 0 N–H and O–H groups in total. The van der Waals surface area contributed by atoms with E-state index in [1.807, 2.05) is 29.5 Å².